The van der Waals surface area contributed by atoms with E-state index < -0.39 is 10.8 Å². The zero-order chi connectivity index (χ0) is 20.8. The smallest absolute Gasteiger partial charge is 0.291 e. The van der Waals surface area contributed by atoms with E-state index in [4.69, 9.17) is 13.9 Å². The third kappa shape index (κ3) is 4.92. The first-order valence-electron chi connectivity index (χ1n) is 8.94. The normalized spacial score (nSPS) is 10.4. The van der Waals surface area contributed by atoms with E-state index in [2.05, 4.69) is 12.2 Å². The van der Waals surface area contributed by atoms with E-state index in [1.54, 1.807) is 6.07 Å². The van der Waals surface area contributed by atoms with E-state index in [0.29, 0.717) is 17.3 Å². The molecule has 1 aromatic heterocycles. The van der Waals surface area contributed by atoms with Crippen LogP contribution in [0.25, 0.3) is 0 Å². The molecule has 0 saturated carbocycles. The van der Waals surface area contributed by atoms with Crippen LogP contribution in [0.3, 0.4) is 0 Å². The second-order valence-electron chi connectivity index (χ2n) is 6.15. The minimum atomic E-state index is -0.553. The molecule has 3 rings (SSSR count). The number of aryl methyl sites for hydroxylation is 1. The summed E-state index contributed by atoms with van der Waals surface area (Å²) in [6, 6.07) is 14.8. The van der Waals surface area contributed by atoms with Gasteiger partial charge in [-0.05, 0) is 42.3 Å². The second kappa shape index (κ2) is 8.92. The van der Waals surface area contributed by atoms with E-state index in [9.17, 15) is 14.9 Å². The zero-order valence-electron chi connectivity index (χ0n) is 16.0. The van der Waals surface area contributed by atoms with E-state index in [-0.39, 0.29) is 23.7 Å². The molecule has 0 aliphatic rings. The molecule has 8 nitrogen and oxygen atoms in total. The van der Waals surface area contributed by atoms with Crippen molar-refractivity contribution in [3.63, 3.8) is 0 Å². The molecule has 2 aromatic carbocycles. The van der Waals surface area contributed by atoms with Crippen molar-refractivity contribution in [2.45, 2.75) is 20.0 Å². The number of rotatable bonds is 8. The Balaban J connectivity index is 1.66. The number of nitro groups is 1. The molecule has 150 valence electrons. The van der Waals surface area contributed by atoms with Gasteiger partial charge in [0.05, 0.1) is 17.7 Å². The largest absolute Gasteiger partial charge is 0.495 e. The predicted molar refractivity (Wildman–Crippen MR) is 106 cm³/mol. The van der Waals surface area contributed by atoms with Gasteiger partial charge in [-0.2, -0.15) is 0 Å². The Morgan fingerprint density at radius 1 is 1.14 bits per heavy atom. The Bertz CT molecular complexity index is 1010. The SMILES string of the molecule is CCc1ccc(OCc2ccc(C(=O)Nc3cc([N+](=O)[O-])ccc3OC)o2)cc1. The molecule has 0 radical (unpaired) electrons. The molecule has 0 fully saturated rings. The minimum Gasteiger partial charge on any atom is -0.495 e. The summed E-state index contributed by atoms with van der Waals surface area (Å²) in [7, 11) is 1.41. The monoisotopic (exact) mass is 396 g/mol. The van der Waals surface area contributed by atoms with Gasteiger partial charge in [0.2, 0.25) is 0 Å². The van der Waals surface area contributed by atoms with Gasteiger partial charge in [-0.3, -0.25) is 14.9 Å². The molecular weight excluding hydrogens is 376 g/mol. The standard InChI is InChI=1S/C21H20N2O6/c1-3-14-4-7-16(8-5-14)28-13-17-9-11-20(29-17)21(24)22-18-12-15(23(25)26)6-10-19(18)27-2/h4-12H,3,13H2,1-2H3,(H,22,24). The number of nitrogens with zero attached hydrogens (tertiary/aromatic N) is 1. The van der Waals surface area contributed by atoms with Crippen molar-refractivity contribution in [1.29, 1.82) is 0 Å². The first-order valence-corrected chi connectivity index (χ1v) is 8.94. The fraction of sp³-hybridized carbons (Fsp3) is 0.190. The molecule has 1 amide bonds. The maximum atomic E-state index is 12.5. The zero-order valence-corrected chi connectivity index (χ0v) is 16.0. The maximum absolute atomic E-state index is 12.5. The lowest BCUT2D eigenvalue weighted by Gasteiger charge is -2.09. The first kappa shape index (κ1) is 19.9. The molecule has 8 heteroatoms. The topological polar surface area (TPSA) is 104 Å². The van der Waals surface area contributed by atoms with Crippen LogP contribution in [0.1, 0.15) is 28.8 Å². The average molecular weight is 396 g/mol. The van der Waals surface area contributed by atoms with Gasteiger partial charge in [-0.15, -0.1) is 0 Å². The van der Waals surface area contributed by atoms with Crippen LogP contribution in [0, 0.1) is 10.1 Å². The van der Waals surface area contributed by atoms with Crippen LogP contribution >= 0.6 is 0 Å². The summed E-state index contributed by atoms with van der Waals surface area (Å²) in [5, 5.41) is 13.5. The van der Waals surface area contributed by atoms with Gasteiger partial charge in [-0.25, -0.2) is 0 Å². The summed E-state index contributed by atoms with van der Waals surface area (Å²) in [5.74, 6) is 0.974. The molecule has 0 atom stereocenters. The summed E-state index contributed by atoms with van der Waals surface area (Å²) in [5.41, 5.74) is 1.23. The Hall–Kier alpha value is -3.81. The number of furan rings is 1. The molecule has 0 saturated heterocycles. The van der Waals surface area contributed by atoms with E-state index >= 15 is 0 Å². The number of amides is 1. The summed E-state index contributed by atoms with van der Waals surface area (Å²) in [6.07, 6.45) is 0.951. The van der Waals surface area contributed by atoms with Crippen LogP contribution in [0.15, 0.2) is 59.0 Å². The number of nitro benzene ring substituents is 1. The third-order valence-corrected chi connectivity index (χ3v) is 4.24. The molecule has 0 aliphatic carbocycles. The van der Waals surface area contributed by atoms with E-state index in [0.717, 1.165) is 6.42 Å². The Kier molecular flexibility index (Phi) is 6.13. The number of carbonyl (C=O) groups excluding carboxylic acids is 1. The van der Waals surface area contributed by atoms with Crippen molar-refractivity contribution in [1.82, 2.24) is 0 Å². The van der Waals surface area contributed by atoms with E-state index in [1.165, 1.54) is 36.9 Å². The number of nitrogens with one attached hydrogen (secondary N) is 1. The number of ether oxygens (including phenoxy) is 2. The van der Waals surface area contributed by atoms with E-state index in [1.807, 2.05) is 24.3 Å². The predicted octanol–water partition coefficient (Wildman–Crippen LogP) is 4.59. The minimum absolute atomic E-state index is 0.0542. The molecular formula is C21H20N2O6. The Morgan fingerprint density at radius 2 is 1.90 bits per heavy atom. The fourth-order valence-corrected chi connectivity index (χ4v) is 2.64. The summed E-state index contributed by atoms with van der Waals surface area (Å²) >= 11 is 0. The molecule has 0 unspecified atom stereocenters. The molecule has 1 N–H and O–H groups in total. The number of anilines is 1. The van der Waals surface area contributed by atoms with Gasteiger partial charge in [0.15, 0.2) is 5.76 Å². The second-order valence-corrected chi connectivity index (χ2v) is 6.15. The van der Waals surface area contributed by atoms with Crippen LogP contribution in [0.5, 0.6) is 11.5 Å². The van der Waals surface area contributed by atoms with Crippen molar-refractivity contribution in [3.05, 3.63) is 81.8 Å². The summed E-state index contributed by atoms with van der Waals surface area (Å²) < 4.78 is 16.3. The molecule has 0 bridgehead atoms. The molecule has 29 heavy (non-hydrogen) atoms. The average Bonchev–Trinajstić information content (AvgIpc) is 3.21. The number of methoxy groups -OCH3 is 1. The van der Waals surface area contributed by atoms with Crippen molar-refractivity contribution in [2.75, 3.05) is 12.4 Å². The molecule has 3 aromatic rings. The van der Waals surface area contributed by atoms with Crippen molar-refractivity contribution in [3.8, 4) is 11.5 Å². The quantitative estimate of drug-likeness (QED) is 0.441. The lowest BCUT2D eigenvalue weighted by molar-refractivity contribution is -0.384. The highest BCUT2D eigenvalue weighted by atomic mass is 16.6. The Morgan fingerprint density at radius 3 is 2.55 bits per heavy atom. The highest BCUT2D eigenvalue weighted by Gasteiger charge is 2.17. The third-order valence-electron chi connectivity index (χ3n) is 4.24. The molecule has 0 aliphatic heterocycles. The number of carbonyl (C=O) groups is 1. The van der Waals surface area contributed by atoms with Crippen LogP contribution in [-0.4, -0.2) is 17.9 Å². The van der Waals surface area contributed by atoms with Gasteiger partial charge in [0.25, 0.3) is 11.6 Å². The molecule has 1 heterocycles. The van der Waals surface area contributed by atoms with Gasteiger partial charge < -0.3 is 19.2 Å². The number of hydrogen-bond acceptors (Lipinski definition) is 6. The van der Waals surface area contributed by atoms with Gasteiger partial charge in [0.1, 0.15) is 23.9 Å². The van der Waals surface area contributed by atoms with Crippen molar-refractivity contribution >= 4 is 17.3 Å². The van der Waals surface area contributed by atoms with Crippen molar-refractivity contribution < 1.29 is 23.6 Å². The van der Waals surface area contributed by atoms with Crippen molar-refractivity contribution in [2.24, 2.45) is 0 Å². The highest BCUT2D eigenvalue weighted by Crippen LogP contribution is 2.29. The first-order chi connectivity index (χ1) is 14.0. The highest BCUT2D eigenvalue weighted by molar-refractivity contribution is 6.03. The van der Waals surface area contributed by atoms with Crippen LogP contribution < -0.4 is 14.8 Å². The Labute approximate surface area is 167 Å². The number of hydrogen-bond donors (Lipinski definition) is 1. The lowest BCUT2D eigenvalue weighted by Crippen LogP contribution is -2.12. The maximum Gasteiger partial charge on any atom is 0.291 e. The van der Waals surface area contributed by atoms with Gasteiger partial charge in [0, 0.05) is 12.1 Å². The summed E-state index contributed by atoms with van der Waals surface area (Å²) in [6.45, 7) is 2.24. The summed E-state index contributed by atoms with van der Waals surface area (Å²) in [4.78, 5) is 22.9. The van der Waals surface area contributed by atoms with Crippen LogP contribution in [-0.2, 0) is 13.0 Å². The molecule has 0 spiro atoms. The van der Waals surface area contributed by atoms with Gasteiger partial charge >= 0.3 is 0 Å². The number of non-ortho nitro benzene ring substituents is 1. The fourth-order valence-electron chi connectivity index (χ4n) is 2.64. The van der Waals surface area contributed by atoms with Gasteiger partial charge in [-0.1, -0.05) is 19.1 Å². The van der Waals surface area contributed by atoms with Crippen LogP contribution in [0.2, 0.25) is 0 Å². The lowest BCUT2D eigenvalue weighted by atomic mass is 10.2. The number of benzene rings is 2. The van der Waals surface area contributed by atoms with Crippen LogP contribution in [0.4, 0.5) is 11.4 Å².